The second kappa shape index (κ2) is 5.07. The molecule has 3 heteroatoms. The highest BCUT2D eigenvalue weighted by molar-refractivity contribution is 5.42. The first-order chi connectivity index (χ1) is 8.10. The molecule has 1 aliphatic carbocycles. The number of aromatic hydroxyl groups is 1. The van der Waals surface area contributed by atoms with Crippen molar-refractivity contribution in [3.63, 3.8) is 0 Å². The van der Waals surface area contributed by atoms with Crippen molar-refractivity contribution < 1.29 is 9.84 Å². The largest absolute Gasteiger partial charge is 0.507 e. The molecule has 0 aromatic heterocycles. The summed E-state index contributed by atoms with van der Waals surface area (Å²) in [6.45, 7) is 4.75. The van der Waals surface area contributed by atoms with Gasteiger partial charge >= 0.3 is 0 Å². The van der Waals surface area contributed by atoms with Crippen LogP contribution in [0.2, 0.25) is 0 Å². The van der Waals surface area contributed by atoms with Gasteiger partial charge in [-0.3, -0.25) is 0 Å². The Morgan fingerprint density at radius 3 is 2.41 bits per heavy atom. The first-order valence-corrected chi connectivity index (χ1v) is 6.15. The minimum absolute atomic E-state index is 0.414. The number of rotatable bonds is 4. The Hall–Kier alpha value is -1.06. The van der Waals surface area contributed by atoms with E-state index in [0.717, 1.165) is 30.5 Å². The molecule has 0 aliphatic heterocycles. The Morgan fingerprint density at radius 1 is 1.29 bits per heavy atom. The molecule has 94 valence electrons. The number of benzene rings is 1. The molecule has 0 bridgehead atoms. The van der Waals surface area contributed by atoms with Crippen molar-refractivity contribution >= 4 is 0 Å². The van der Waals surface area contributed by atoms with Crippen molar-refractivity contribution in [2.75, 3.05) is 7.11 Å². The van der Waals surface area contributed by atoms with Crippen molar-refractivity contribution in [2.24, 2.45) is 0 Å². The van der Waals surface area contributed by atoms with Gasteiger partial charge in [0.1, 0.15) is 5.75 Å². The number of nitrogens with one attached hydrogen (secondary N) is 1. The van der Waals surface area contributed by atoms with Crippen LogP contribution in [0.3, 0.4) is 0 Å². The third-order valence-corrected chi connectivity index (χ3v) is 3.57. The maximum absolute atomic E-state index is 9.70. The first kappa shape index (κ1) is 12.4. The van der Waals surface area contributed by atoms with Gasteiger partial charge in [0.05, 0.1) is 6.10 Å². The summed E-state index contributed by atoms with van der Waals surface area (Å²) in [4.78, 5) is 0. The molecule has 0 spiro atoms. The fraction of sp³-hybridized carbons (Fsp3) is 0.571. The van der Waals surface area contributed by atoms with Gasteiger partial charge < -0.3 is 15.2 Å². The SMILES string of the molecule is COC1CC(NCc2cc(C)c(O)c(C)c2)C1. The lowest BCUT2D eigenvalue weighted by Gasteiger charge is -2.34. The molecule has 1 saturated carbocycles. The third-order valence-electron chi connectivity index (χ3n) is 3.57. The van der Waals surface area contributed by atoms with Crippen LogP contribution >= 0.6 is 0 Å². The monoisotopic (exact) mass is 235 g/mol. The van der Waals surface area contributed by atoms with E-state index in [1.54, 1.807) is 7.11 Å². The smallest absolute Gasteiger partial charge is 0.121 e. The standard InChI is InChI=1S/C14H21NO2/c1-9-4-11(5-10(2)14(9)16)8-15-12-6-13(7-12)17-3/h4-5,12-13,15-16H,6-8H2,1-3H3. The fourth-order valence-electron chi connectivity index (χ4n) is 2.33. The maximum Gasteiger partial charge on any atom is 0.121 e. The van der Waals surface area contributed by atoms with E-state index in [1.165, 1.54) is 5.56 Å². The third kappa shape index (κ3) is 2.79. The summed E-state index contributed by atoms with van der Waals surface area (Å²) in [5, 5.41) is 13.2. The van der Waals surface area contributed by atoms with Crippen LogP contribution in [0, 0.1) is 13.8 Å². The zero-order valence-corrected chi connectivity index (χ0v) is 10.8. The molecular formula is C14H21NO2. The topological polar surface area (TPSA) is 41.5 Å². The lowest BCUT2D eigenvalue weighted by Crippen LogP contribution is -2.44. The van der Waals surface area contributed by atoms with Gasteiger partial charge in [0.25, 0.3) is 0 Å². The molecule has 1 fully saturated rings. The summed E-state index contributed by atoms with van der Waals surface area (Å²) in [6, 6.07) is 4.67. The number of phenolic OH excluding ortho intramolecular Hbond substituents is 1. The number of hydrogen-bond donors (Lipinski definition) is 2. The number of ether oxygens (including phenoxy) is 1. The van der Waals surface area contributed by atoms with Crippen molar-refractivity contribution in [3.05, 3.63) is 28.8 Å². The van der Waals surface area contributed by atoms with E-state index in [-0.39, 0.29) is 0 Å². The van der Waals surface area contributed by atoms with Crippen LogP contribution in [0.15, 0.2) is 12.1 Å². The van der Waals surface area contributed by atoms with Gasteiger partial charge in [-0.1, -0.05) is 12.1 Å². The lowest BCUT2D eigenvalue weighted by molar-refractivity contribution is 0.0170. The molecule has 1 aromatic rings. The summed E-state index contributed by atoms with van der Waals surface area (Å²) in [5.41, 5.74) is 3.13. The molecule has 0 heterocycles. The van der Waals surface area contributed by atoms with E-state index in [9.17, 15) is 5.11 Å². The average Bonchev–Trinajstić information content (AvgIpc) is 2.24. The van der Waals surface area contributed by atoms with Crippen LogP contribution in [0.4, 0.5) is 0 Å². The Bertz CT molecular complexity index is 374. The van der Waals surface area contributed by atoms with Gasteiger partial charge in [0.2, 0.25) is 0 Å². The minimum atomic E-state index is 0.414. The first-order valence-electron chi connectivity index (χ1n) is 6.15. The van der Waals surface area contributed by atoms with Crippen LogP contribution in [-0.2, 0) is 11.3 Å². The van der Waals surface area contributed by atoms with Crippen molar-refractivity contribution in [1.29, 1.82) is 0 Å². The van der Waals surface area contributed by atoms with Gasteiger partial charge in [-0.25, -0.2) is 0 Å². The second-order valence-corrected chi connectivity index (χ2v) is 4.99. The van der Waals surface area contributed by atoms with Crippen LogP contribution in [0.25, 0.3) is 0 Å². The lowest BCUT2D eigenvalue weighted by atomic mass is 9.89. The van der Waals surface area contributed by atoms with E-state index in [4.69, 9.17) is 4.74 Å². The van der Waals surface area contributed by atoms with Gasteiger partial charge in [0.15, 0.2) is 0 Å². The van der Waals surface area contributed by atoms with E-state index in [0.29, 0.717) is 17.9 Å². The fourth-order valence-corrected chi connectivity index (χ4v) is 2.33. The van der Waals surface area contributed by atoms with Gasteiger partial charge in [-0.15, -0.1) is 0 Å². The molecule has 2 rings (SSSR count). The van der Waals surface area contributed by atoms with Crippen LogP contribution in [-0.4, -0.2) is 24.4 Å². The van der Waals surface area contributed by atoms with Crippen molar-refractivity contribution in [3.8, 4) is 5.75 Å². The molecule has 0 saturated heterocycles. The van der Waals surface area contributed by atoms with E-state index < -0.39 is 0 Å². The summed E-state index contributed by atoms with van der Waals surface area (Å²) >= 11 is 0. The van der Waals surface area contributed by atoms with Gasteiger partial charge in [-0.05, 0) is 43.4 Å². The zero-order valence-electron chi connectivity index (χ0n) is 10.8. The van der Waals surface area contributed by atoms with Crippen LogP contribution in [0.5, 0.6) is 5.75 Å². The number of aryl methyl sites for hydroxylation is 2. The Balaban J connectivity index is 1.88. The summed E-state index contributed by atoms with van der Waals surface area (Å²) in [5.74, 6) is 0.414. The second-order valence-electron chi connectivity index (χ2n) is 4.99. The molecule has 0 amide bonds. The highest BCUT2D eigenvalue weighted by Gasteiger charge is 2.28. The average molecular weight is 235 g/mol. The molecule has 1 aliphatic rings. The zero-order chi connectivity index (χ0) is 12.4. The molecule has 0 atom stereocenters. The van der Waals surface area contributed by atoms with Crippen LogP contribution in [0.1, 0.15) is 29.5 Å². The van der Waals surface area contributed by atoms with Crippen molar-refractivity contribution in [2.45, 2.75) is 45.4 Å². The molecular weight excluding hydrogens is 214 g/mol. The van der Waals surface area contributed by atoms with E-state index >= 15 is 0 Å². The minimum Gasteiger partial charge on any atom is -0.507 e. The van der Waals surface area contributed by atoms with Gasteiger partial charge in [0, 0.05) is 19.7 Å². The maximum atomic E-state index is 9.70. The molecule has 2 N–H and O–H groups in total. The predicted molar refractivity (Wildman–Crippen MR) is 68.2 cm³/mol. The van der Waals surface area contributed by atoms with E-state index in [2.05, 4.69) is 5.32 Å². The van der Waals surface area contributed by atoms with Crippen molar-refractivity contribution in [1.82, 2.24) is 5.32 Å². The predicted octanol–water partition coefficient (Wildman–Crippen LogP) is 2.28. The highest BCUT2D eigenvalue weighted by Crippen LogP contribution is 2.25. The molecule has 17 heavy (non-hydrogen) atoms. The molecule has 3 nitrogen and oxygen atoms in total. The Kier molecular flexibility index (Phi) is 3.69. The summed E-state index contributed by atoms with van der Waals surface area (Å²) < 4.78 is 5.25. The number of hydrogen-bond acceptors (Lipinski definition) is 3. The van der Waals surface area contributed by atoms with E-state index in [1.807, 2.05) is 26.0 Å². The Labute approximate surface area is 103 Å². The Morgan fingerprint density at radius 2 is 1.88 bits per heavy atom. The number of phenols is 1. The summed E-state index contributed by atoms with van der Waals surface area (Å²) in [6.07, 6.45) is 2.65. The normalized spacial score (nSPS) is 23.5. The van der Waals surface area contributed by atoms with Gasteiger partial charge in [-0.2, -0.15) is 0 Å². The molecule has 0 unspecified atom stereocenters. The molecule has 1 aromatic carbocycles. The molecule has 0 radical (unpaired) electrons. The quantitative estimate of drug-likeness (QED) is 0.841. The van der Waals surface area contributed by atoms with Crippen LogP contribution < -0.4 is 5.32 Å². The highest BCUT2D eigenvalue weighted by atomic mass is 16.5. The summed E-state index contributed by atoms with van der Waals surface area (Å²) in [7, 11) is 1.77. The number of methoxy groups -OCH3 is 1.